The minimum absolute atomic E-state index is 0.292. The molecule has 0 amide bonds. The molecule has 0 unspecified atom stereocenters. The summed E-state index contributed by atoms with van der Waals surface area (Å²) in [6.45, 7) is 0. The van der Waals surface area contributed by atoms with Gasteiger partial charge in [-0.25, -0.2) is 8.78 Å². The lowest BCUT2D eigenvalue weighted by Gasteiger charge is -2.12. The minimum atomic E-state index is -5.08. The summed E-state index contributed by atoms with van der Waals surface area (Å²) in [7, 11) is 0.554. The van der Waals surface area contributed by atoms with Crippen LogP contribution in [0.4, 0.5) is 35.1 Å². The van der Waals surface area contributed by atoms with Gasteiger partial charge in [0.15, 0.2) is 23.1 Å². The van der Waals surface area contributed by atoms with Crippen LogP contribution in [0.3, 0.4) is 0 Å². The number of halogens is 8. The third-order valence-corrected chi connectivity index (χ3v) is 2.63. The van der Waals surface area contributed by atoms with Crippen LogP contribution >= 0.6 is 0 Å². The molecule has 0 aliphatic heterocycles. The number of alkyl halides is 6. The van der Waals surface area contributed by atoms with E-state index in [0.717, 1.165) is 12.1 Å². The molecule has 0 heterocycles. The monoisotopic (exact) mass is 401 g/mol. The van der Waals surface area contributed by atoms with Crippen LogP contribution in [-0.2, 0) is 0 Å². The van der Waals surface area contributed by atoms with Crippen molar-refractivity contribution in [3.05, 3.63) is 48.0 Å². The summed E-state index contributed by atoms with van der Waals surface area (Å²) in [5, 5.41) is 0. The van der Waals surface area contributed by atoms with E-state index in [1.54, 1.807) is 0 Å². The van der Waals surface area contributed by atoms with E-state index in [1.165, 1.54) is 0 Å². The third-order valence-electron chi connectivity index (χ3n) is 2.63. The fourth-order valence-corrected chi connectivity index (χ4v) is 1.66. The Morgan fingerprint density at radius 2 is 1.00 bits per heavy atom. The summed E-state index contributed by atoms with van der Waals surface area (Å²) < 4.78 is 115. The average molecular weight is 401 g/mol. The first-order chi connectivity index (χ1) is 12.4. The molecule has 145 valence electrons. The smallest absolute Gasteiger partial charge is 0.526 e. The molecule has 0 saturated carbocycles. The summed E-state index contributed by atoms with van der Waals surface area (Å²) in [6, 6.07) is 4.25. The van der Waals surface area contributed by atoms with Gasteiger partial charge < -0.3 is 18.8 Å². The van der Waals surface area contributed by atoms with Gasteiger partial charge in [0.05, 0.1) is 0 Å². The van der Waals surface area contributed by atoms with Gasteiger partial charge in [0, 0.05) is 12.1 Å². The lowest BCUT2D eigenvalue weighted by Crippen LogP contribution is -2.18. The molecule has 0 aromatic heterocycles. The first-order valence-electron chi connectivity index (χ1n) is 6.68. The predicted octanol–water partition coefficient (Wildman–Crippen LogP) is 4.75. The topological polar surface area (TPSA) is 36.9 Å². The van der Waals surface area contributed by atoms with E-state index in [4.69, 9.17) is 9.31 Å². The van der Waals surface area contributed by atoms with Crippen molar-refractivity contribution in [3.8, 4) is 23.0 Å². The van der Waals surface area contributed by atoms with E-state index in [9.17, 15) is 35.1 Å². The van der Waals surface area contributed by atoms with Crippen molar-refractivity contribution < 1.29 is 53.9 Å². The molecule has 4 nitrogen and oxygen atoms in total. The quantitative estimate of drug-likeness (QED) is 0.517. The third kappa shape index (κ3) is 6.75. The zero-order chi connectivity index (χ0) is 20.2. The molecule has 27 heavy (non-hydrogen) atoms. The van der Waals surface area contributed by atoms with E-state index in [1.807, 2.05) is 0 Å². The van der Waals surface area contributed by atoms with Crippen molar-refractivity contribution in [2.45, 2.75) is 12.7 Å². The minimum Gasteiger partial charge on any atom is -0.526 e. The van der Waals surface area contributed by atoms with E-state index in [0.29, 0.717) is 32.0 Å². The first-order valence-corrected chi connectivity index (χ1v) is 6.68. The fourth-order valence-electron chi connectivity index (χ4n) is 1.66. The molecule has 0 N–H and O–H groups in total. The molecular formula is C14H6BF8O4. The molecule has 0 aliphatic rings. The largest absolute Gasteiger partial charge is 0.658 e. The fraction of sp³-hybridized carbons (Fsp3) is 0.143. The van der Waals surface area contributed by atoms with Crippen LogP contribution in [0.25, 0.3) is 0 Å². The number of rotatable bonds is 6. The second kappa shape index (κ2) is 7.80. The predicted molar refractivity (Wildman–Crippen MR) is 73.2 cm³/mol. The number of hydrogen-bond acceptors (Lipinski definition) is 4. The van der Waals surface area contributed by atoms with Crippen molar-refractivity contribution in [1.82, 2.24) is 0 Å². The Hall–Kier alpha value is -2.86. The van der Waals surface area contributed by atoms with Gasteiger partial charge in [-0.2, -0.15) is 0 Å². The summed E-state index contributed by atoms with van der Waals surface area (Å²) in [5.74, 6) is -5.51. The Morgan fingerprint density at radius 3 is 1.30 bits per heavy atom. The summed E-state index contributed by atoms with van der Waals surface area (Å²) in [5.41, 5.74) is 0. The first kappa shape index (κ1) is 20.5. The van der Waals surface area contributed by atoms with Gasteiger partial charge in [0.1, 0.15) is 11.5 Å². The number of ether oxygens (including phenoxy) is 2. The van der Waals surface area contributed by atoms with Gasteiger partial charge in [-0.3, -0.25) is 0 Å². The molecule has 2 rings (SSSR count). The molecule has 13 heteroatoms. The molecule has 0 spiro atoms. The average Bonchev–Trinajstić information content (AvgIpc) is 2.50. The lowest BCUT2D eigenvalue weighted by molar-refractivity contribution is -0.276. The van der Waals surface area contributed by atoms with Gasteiger partial charge in [0.25, 0.3) is 0 Å². The zero-order valence-electron chi connectivity index (χ0n) is 12.7. The summed E-state index contributed by atoms with van der Waals surface area (Å²) >= 11 is 0. The SMILES string of the molecule is Fc1cc(O[B]Oc2ccc(OC(F)(F)F)c(F)c2)ccc1OC(F)(F)F. The highest BCUT2D eigenvalue weighted by Crippen LogP contribution is 2.29. The van der Waals surface area contributed by atoms with Crippen LogP contribution in [0.1, 0.15) is 0 Å². The Morgan fingerprint density at radius 1 is 0.630 bits per heavy atom. The van der Waals surface area contributed by atoms with Gasteiger partial charge in [-0.15, -0.1) is 26.3 Å². The second-order valence-corrected chi connectivity index (χ2v) is 4.61. The molecule has 0 bridgehead atoms. The Bertz CT molecular complexity index is 728. The summed E-state index contributed by atoms with van der Waals surface area (Å²) in [6.07, 6.45) is -10.2. The molecule has 0 fully saturated rings. The van der Waals surface area contributed by atoms with Crippen molar-refractivity contribution >= 4 is 7.69 Å². The number of benzene rings is 2. The molecule has 0 atom stereocenters. The molecule has 2 aromatic rings. The van der Waals surface area contributed by atoms with Crippen LogP contribution in [0.2, 0.25) is 0 Å². The molecule has 0 aliphatic carbocycles. The highest BCUT2D eigenvalue weighted by atomic mass is 19.4. The maximum absolute atomic E-state index is 13.4. The molecular weight excluding hydrogens is 395 g/mol. The highest BCUT2D eigenvalue weighted by molar-refractivity contribution is 6.20. The molecule has 1 radical (unpaired) electrons. The Kier molecular flexibility index (Phi) is 5.91. The Balaban J connectivity index is 1.93. The Labute approximate surface area is 146 Å². The van der Waals surface area contributed by atoms with Gasteiger partial charge >= 0.3 is 20.4 Å². The van der Waals surface area contributed by atoms with E-state index < -0.39 is 35.9 Å². The maximum Gasteiger partial charge on any atom is 0.658 e. The second-order valence-electron chi connectivity index (χ2n) is 4.61. The molecule has 0 saturated heterocycles. The van der Waals surface area contributed by atoms with Crippen molar-refractivity contribution in [1.29, 1.82) is 0 Å². The standard InChI is InChI=1S/C14H6BF8O4/c16-9-5-7(1-3-11(9)24-13(18,19)20)26-15-27-8-2-4-12(10(17)6-8)25-14(21,22)23/h1-6H. The number of hydrogen-bond donors (Lipinski definition) is 0. The lowest BCUT2D eigenvalue weighted by atomic mass is 10.2. The van der Waals surface area contributed by atoms with Crippen LogP contribution < -0.4 is 18.8 Å². The maximum atomic E-state index is 13.4. The normalized spacial score (nSPS) is 11.7. The summed E-state index contributed by atoms with van der Waals surface area (Å²) in [4.78, 5) is 0. The van der Waals surface area contributed by atoms with Crippen molar-refractivity contribution in [2.75, 3.05) is 0 Å². The highest BCUT2D eigenvalue weighted by Gasteiger charge is 2.33. The van der Waals surface area contributed by atoms with Crippen molar-refractivity contribution in [3.63, 3.8) is 0 Å². The van der Waals surface area contributed by atoms with E-state index >= 15 is 0 Å². The van der Waals surface area contributed by atoms with E-state index in [-0.39, 0.29) is 11.5 Å². The van der Waals surface area contributed by atoms with Crippen LogP contribution in [0.5, 0.6) is 23.0 Å². The van der Waals surface area contributed by atoms with Crippen molar-refractivity contribution in [2.24, 2.45) is 0 Å². The zero-order valence-corrected chi connectivity index (χ0v) is 12.7. The molecule has 2 aromatic carbocycles. The van der Waals surface area contributed by atoms with Gasteiger partial charge in [0.2, 0.25) is 0 Å². The van der Waals surface area contributed by atoms with Gasteiger partial charge in [-0.05, 0) is 24.3 Å². The van der Waals surface area contributed by atoms with E-state index in [2.05, 4.69) is 9.47 Å². The van der Waals surface area contributed by atoms with Gasteiger partial charge in [-0.1, -0.05) is 0 Å². The van der Waals surface area contributed by atoms with Crippen LogP contribution in [0, 0.1) is 11.6 Å². The van der Waals surface area contributed by atoms with Crippen LogP contribution in [0.15, 0.2) is 36.4 Å². The van der Waals surface area contributed by atoms with Crippen LogP contribution in [-0.4, -0.2) is 20.4 Å².